The summed E-state index contributed by atoms with van der Waals surface area (Å²) in [7, 11) is 1.43. The summed E-state index contributed by atoms with van der Waals surface area (Å²) in [6.07, 6.45) is -4.87. The number of amides is 1. The smallest absolute Gasteiger partial charge is 0.404 e. The number of nitrogens with one attached hydrogen (secondary N) is 2. The monoisotopic (exact) mass is 366 g/mol. The van der Waals surface area contributed by atoms with Gasteiger partial charge in [-0.15, -0.1) is 0 Å². The largest absolute Gasteiger partial charge is 0.495 e. The fraction of sp³-hybridized carbons (Fsp3) is 0.462. The van der Waals surface area contributed by atoms with E-state index in [9.17, 15) is 18.0 Å². The highest BCUT2D eigenvalue weighted by atomic mass is 79.9. The van der Waals surface area contributed by atoms with Crippen molar-refractivity contribution in [2.24, 2.45) is 5.41 Å². The van der Waals surface area contributed by atoms with Gasteiger partial charge in [0, 0.05) is 18.3 Å². The molecule has 1 unspecified atom stereocenters. The zero-order valence-corrected chi connectivity index (χ0v) is 12.8. The molecule has 0 radical (unpaired) electrons. The molecule has 0 aliphatic carbocycles. The molecule has 2 rings (SSSR count). The molecule has 1 aromatic rings. The standard InChI is InChI=1S/C13H14BrF3N2O2/c1-21-10-6-8(2-3-9(10)14)19-11(20)12(13(15,16)17)4-5-18-7-12/h2-3,6,18H,4-5,7H2,1H3,(H,19,20). The first-order chi connectivity index (χ1) is 9.80. The Balaban J connectivity index is 2.24. The number of carbonyl (C=O) groups excluding carboxylic acids is 1. The van der Waals surface area contributed by atoms with E-state index in [1.54, 1.807) is 6.07 Å². The van der Waals surface area contributed by atoms with Crippen LogP contribution in [0, 0.1) is 5.41 Å². The molecule has 0 spiro atoms. The van der Waals surface area contributed by atoms with E-state index in [0.29, 0.717) is 10.2 Å². The second-order valence-corrected chi connectivity index (χ2v) is 5.66. The predicted octanol–water partition coefficient (Wildman–Crippen LogP) is 2.94. The molecule has 2 N–H and O–H groups in total. The number of benzene rings is 1. The molecule has 0 saturated carbocycles. The average Bonchev–Trinajstić information content (AvgIpc) is 2.91. The number of carbonyl (C=O) groups is 1. The first kappa shape index (κ1) is 16.1. The molecule has 21 heavy (non-hydrogen) atoms. The van der Waals surface area contributed by atoms with Crippen molar-refractivity contribution in [1.82, 2.24) is 5.32 Å². The summed E-state index contributed by atoms with van der Waals surface area (Å²) in [6.45, 7) is -0.243. The van der Waals surface area contributed by atoms with Crippen molar-refractivity contribution in [3.63, 3.8) is 0 Å². The summed E-state index contributed by atoms with van der Waals surface area (Å²) >= 11 is 3.24. The molecule has 8 heteroatoms. The van der Waals surface area contributed by atoms with Gasteiger partial charge in [0.15, 0.2) is 5.41 Å². The van der Waals surface area contributed by atoms with Crippen LogP contribution in [0.25, 0.3) is 0 Å². The van der Waals surface area contributed by atoms with Crippen molar-refractivity contribution in [1.29, 1.82) is 0 Å². The third-order valence-corrected chi connectivity index (χ3v) is 4.20. The number of methoxy groups -OCH3 is 1. The van der Waals surface area contributed by atoms with Gasteiger partial charge in [-0.05, 0) is 41.0 Å². The lowest BCUT2D eigenvalue weighted by atomic mass is 9.85. The van der Waals surface area contributed by atoms with Crippen LogP contribution in [0.15, 0.2) is 22.7 Å². The Kier molecular flexibility index (Phi) is 4.48. The second kappa shape index (κ2) is 5.84. The van der Waals surface area contributed by atoms with Gasteiger partial charge in [-0.25, -0.2) is 0 Å². The summed E-state index contributed by atoms with van der Waals surface area (Å²) in [4.78, 5) is 12.1. The van der Waals surface area contributed by atoms with Crippen molar-refractivity contribution >= 4 is 27.5 Å². The number of anilines is 1. The molecular weight excluding hydrogens is 353 g/mol. The SMILES string of the molecule is COc1cc(NC(=O)C2(C(F)(F)F)CCNC2)ccc1Br. The topological polar surface area (TPSA) is 50.4 Å². The van der Waals surface area contributed by atoms with Crippen LogP contribution in [-0.2, 0) is 4.79 Å². The summed E-state index contributed by atoms with van der Waals surface area (Å²) in [5, 5.41) is 4.94. The number of rotatable bonds is 3. The first-order valence-electron chi connectivity index (χ1n) is 6.22. The molecule has 0 bridgehead atoms. The fourth-order valence-corrected chi connectivity index (χ4v) is 2.65. The van der Waals surface area contributed by atoms with Crippen LogP contribution < -0.4 is 15.4 Å². The van der Waals surface area contributed by atoms with Crippen LogP contribution in [0.4, 0.5) is 18.9 Å². The molecule has 0 aromatic heterocycles. The van der Waals surface area contributed by atoms with Crippen molar-refractivity contribution in [2.75, 3.05) is 25.5 Å². The molecule has 1 amide bonds. The zero-order chi connectivity index (χ0) is 15.7. The molecule has 1 heterocycles. The summed E-state index contributed by atoms with van der Waals surface area (Å²) in [6, 6.07) is 4.58. The Morgan fingerprint density at radius 1 is 1.48 bits per heavy atom. The molecule has 1 saturated heterocycles. The first-order valence-corrected chi connectivity index (χ1v) is 7.02. The van der Waals surface area contributed by atoms with Gasteiger partial charge in [0.25, 0.3) is 0 Å². The minimum atomic E-state index is -4.60. The van der Waals surface area contributed by atoms with E-state index >= 15 is 0 Å². The average molecular weight is 367 g/mol. The summed E-state index contributed by atoms with van der Waals surface area (Å²) < 4.78 is 45.4. The lowest BCUT2D eigenvalue weighted by molar-refractivity contribution is -0.213. The Morgan fingerprint density at radius 2 is 2.19 bits per heavy atom. The highest BCUT2D eigenvalue weighted by molar-refractivity contribution is 9.10. The predicted molar refractivity (Wildman–Crippen MR) is 75.3 cm³/mol. The molecule has 1 aliphatic heterocycles. The maximum absolute atomic E-state index is 13.2. The molecule has 116 valence electrons. The van der Waals surface area contributed by atoms with Gasteiger partial charge >= 0.3 is 6.18 Å². The number of ether oxygens (including phenoxy) is 1. The van der Waals surface area contributed by atoms with Crippen LogP contribution in [-0.4, -0.2) is 32.3 Å². The van der Waals surface area contributed by atoms with Crippen molar-refractivity contribution in [2.45, 2.75) is 12.6 Å². The second-order valence-electron chi connectivity index (χ2n) is 4.81. The van der Waals surface area contributed by atoms with Gasteiger partial charge < -0.3 is 15.4 Å². The Morgan fingerprint density at radius 3 is 2.71 bits per heavy atom. The minimum Gasteiger partial charge on any atom is -0.495 e. The van der Waals surface area contributed by atoms with E-state index in [2.05, 4.69) is 26.6 Å². The maximum atomic E-state index is 13.2. The normalized spacial score (nSPS) is 22.1. The minimum absolute atomic E-state index is 0.163. The Bertz CT molecular complexity index is 543. The highest BCUT2D eigenvalue weighted by Gasteiger charge is 2.61. The van der Waals surface area contributed by atoms with Gasteiger partial charge in [-0.1, -0.05) is 0 Å². The summed E-state index contributed by atoms with van der Waals surface area (Å²) in [5.41, 5.74) is -2.12. The lowest BCUT2D eigenvalue weighted by Gasteiger charge is -2.29. The highest BCUT2D eigenvalue weighted by Crippen LogP contribution is 2.44. The molecule has 1 aliphatic rings. The Hall–Kier alpha value is -1.28. The molecule has 4 nitrogen and oxygen atoms in total. The maximum Gasteiger partial charge on any atom is 0.404 e. The van der Waals surface area contributed by atoms with Gasteiger partial charge in [0.1, 0.15) is 5.75 Å². The van der Waals surface area contributed by atoms with Crippen LogP contribution in [0.3, 0.4) is 0 Å². The van der Waals surface area contributed by atoms with Crippen LogP contribution in [0.1, 0.15) is 6.42 Å². The van der Waals surface area contributed by atoms with E-state index in [1.807, 2.05) is 0 Å². The van der Waals surface area contributed by atoms with Gasteiger partial charge in [0.2, 0.25) is 5.91 Å². The van der Waals surface area contributed by atoms with E-state index in [-0.39, 0.29) is 18.7 Å². The number of alkyl halides is 3. The number of hydrogen-bond donors (Lipinski definition) is 2. The van der Waals surface area contributed by atoms with E-state index in [4.69, 9.17) is 4.74 Å². The molecular formula is C13H14BrF3N2O2. The third kappa shape index (κ3) is 3.01. The Labute approximate surface area is 128 Å². The van der Waals surface area contributed by atoms with Crippen LogP contribution in [0.5, 0.6) is 5.75 Å². The van der Waals surface area contributed by atoms with E-state index < -0.39 is 24.0 Å². The molecule has 1 aromatic carbocycles. The van der Waals surface area contributed by atoms with Crippen LogP contribution >= 0.6 is 15.9 Å². The molecule has 1 fully saturated rings. The third-order valence-electron chi connectivity index (χ3n) is 3.54. The fourth-order valence-electron chi connectivity index (χ4n) is 2.24. The zero-order valence-electron chi connectivity index (χ0n) is 11.2. The van der Waals surface area contributed by atoms with Crippen molar-refractivity contribution in [3.8, 4) is 5.75 Å². The lowest BCUT2D eigenvalue weighted by Crippen LogP contribution is -2.49. The van der Waals surface area contributed by atoms with Crippen molar-refractivity contribution < 1.29 is 22.7 Å². The number of hydrogen-bond acceptors (Lipinski definition) is 3. The van der Waals surface area contributed by atoms with Gasteiger partial charge in [-0.3, -0.25) is 4.79 Å². The quantitative estimate of drug-likeness (QED) is 0.864. The van der Waals surface area contributed by atoms with Gasteiger partial charge in [-0.2, -0.15) is 13.2 Å². The number of halogens is 4. The van der Waals surface area contributed by atoms with E-state index in [0.717, 1.165) is 0 Å². The van der Waals surface area contributed by atoms with Gasteiger partial charge in [0.05, 0.1) is 11.6 Å². The summed E-state index contributed by atoms with van der Waals surface area (Å²) in [5.74, 6) is -0.622. The van der Waals surface area contributed by atoms with Crippen molar-refractivity contribution in [3.05, 3.63) is 22.7 Å². The van der Waals surface area contributed by atoms with E-state index in [1.165, 1.54) is 19.2 Å². The molecule has 1 atom stereocenters. The van der Waals surface area contributed by atoms with Crippen LogP contribution in [0.2, 0.25) is 0 Å².